The van der Waals surface area contributed by atoms with E-state index in [4.69, 9.17) is 16.3 Å². The Balaban J connectivity index is 1.89. The number of anilines is 1. The number of carbonyl (C=O) groups excluding carboxylic acids is 2. The first kappa shape index (κ1) is 22.7. The van der Waals surface area contributed by atoms with Crippen molar-refractivity contribution < 1.29 is 19.2 Å². The number of quaternary nitrogens is 1. The molecule has 0 heterocycles. The zero-order valence-corrected chi connectivity index (χ0v) is 17.9. The van der Waals surface area contributed by atoms with Gasteiger partial charge in [-0.15, -0.1) is 0 Å². The monoisotopic (exact) mass is 418 g/mol. The summed E-state index contributed by atoms with van der Waals surface area (Å²) in [6.07, 6.45) is 1.83. The molecule has 0 aliphatic carbocycles. The van der Waals surface area contributed by atoms with E-state index >= 15 is 0 Å². The van der Waals surface area contributed by atoms with Gasteiger partial charge in [0, 0.05) is 5.02 Å². The second-order valence-corrected chi connectivity index (χ2v) is 7.46. The lowest BCUT2D eigenvalue weighted by Crippen LogP contribution is -3.11. The molecule has 0 aromatic heterocycles. The third kappa shape index (κ3) is 7.40. The molecule has 6 nitrogen and oxygen atoms in total. The lowest BCUT2D eigenvalue weighted by atomic mass is 10.0. The molecule has 29 heavy (non-hydrogen) atoms. The molecule has 156 valence electrons. The number of hydrogen-bond donors (Lipinski definition) is 3. The molecule has 1 unspecified atom stereocenters. The summed E-state index contributed by atoms with van der Waals surface area (Å²) >= 11 is 5.99. The first-order valence-corrected chi connectivity index (χ1v) is 10.1. The van der Waals surface area contributed by atoms with Crippen molar-refractivity contribution in [2.75, 3.05) is 32.6 Å². The van der Waals surface area contributed by atoms with E-state index in [0.29, 0.717) is 16.5 Å². The van der Waals surface area contributed by atoms with E-state index in [1.807, 2.05) is 37.4 Å². The second-order valence-electron chi connectivity index (χ2n) is 7.02. The topological polar surface area (TPSA) is 71.9 Å². The summed E-state index contributed by atoms with van der Waals surface area (Å²) in [6, 6.07) is 14.9. The second kappa shape index (κ2) is 11.4. The number of benzene rings is 2. The van der Waals surface area contributed by atoms with Gasteiger partial charge in [0.05, 0.1) is 25.9 Å². The maximum absolute atomic E-state index is 12.5. The number of carbonyl (C=O) groups is 2. The van der Waals surface area contributed by atoms with E-state index in [1.54, 1.807) is 18.2 Å². The SMILES string of the molecule is CCC[C@H](NC(=O)C[NH+](C)CC(=O)Nc1cc(Cl)ccc1OC)c1ccccc1. The molecular formula is C22H29ClN3O3+. The summed E-state index contributed by atoms with van der Waals surface area (Å²) in [4.78, 5) is 25.6. The maximum Gasteiger partial charge on any atom is 0.279 e. The minimum Gasteiger partial charge on any atom is -0.495 e. The van der Waals surface area contributed by atoms with Gasteiger partial charge in [-0.05, 0) is 30.2 Å². The van der Waals surface area contributed by atoms with Crippen LogP contribution < -0.4 is 20.3 Å². The van der Waals surface area contributed by atoms with Crippen LogP contribution in [0.25, 0.3) is 0 Å². The Morgan fingerprint density at radius 3 is 2.45 bits per heavy atom. The van der Waals surface area contributed by atoms with Gasteiger partial charge >= 0.3 is 0 Å². The Morgan fingerprint density at radius 1 is 1.10 bits per heavy atom. The van der Waals surface area contributed by atoms with Crippen molar-refractivity contribution in [2.24, 2.45) is 0 Å². The van der Waals surface area contributed by atoms with Crippen LogP contribution in [-0.2, 0) is 9.59 Å². The van der Waals surface area contributed by atoms with Crippen molar-refractivity contribution in [1.29, 1.82) is 0 Å². The standard InChI is InChI=1S/C22H28ClN3O3/c1-4-8-18(16-9-6-5-7-10-16)24-21(27)14-26(2)15-22(28)25-19-13-17(23)11-12-20(19)29-3/h5-7,9-13,18H,4,8,14-15H2,1-3H3,(H,24,27)(H,25,28)/p+1/t18-/m0/s1. The molecule has 2 amide bonds. The highest BCUT2D eigenvalue weighted by atomic mass is 35.5. The molecule has 0 spiro atoms. The summed E-state index contributed by atoms with van der Waals surface area (Å²) in [7, 11) is 3.34. The number of halogens is 1. The summed E-state index contributed by atoms with van der Waals surface area (Å²) in [5.41, 5.74) is 1.60. The van der Waals surface area contributed by atoms with Crippen molar-refractivity contribution in [3.63, 3.8) is 0 Å². The van der Waals surface area contributed by atoms with Crippen molar-refractivity contribution >= 4 is 29.1 Å². The highest BCUT2D eigenvalue weighted by Crippen LogP contribution is 2.27. The van der Waals surface area contributed by atoms with Crippen LogP contribution >= 0.6 is 11.6 Å². The van der Waals surface area contributed by atoms with Gasteiger partial charge in [0.1, 0.15) is 5.75 Å². The number of likely N-dealkylation sites (N-methyl/N-ethyl adjacent to an activating group) is 1. The predicted molar refractivity (Wildman–Crippen MR) is 115 cm³/mol. The number of rotatable bonds is 10. The summed E-state index contributed by atoms with van der Waals surface area (Å²) < 4.78 is 5.24. The van der Waals surface area contributed by atoms with E-state index < -0.39 is 0 Å². The lowest BCUT2D eigenvalue weighted by molar-refractivity contribution is -0.862. The molecule has 0 aliphatic rings. The number of ether oxygens (including phenoxy) is 1. The molecule has 0 radical (unpaired) electrons. The van der Waals surface area contributed by atoms with E-state index in [-0.39, 0.29) is 30.9 Å². The van der Waals surface area contributed by atoms with Crippen molar-refractivity contribution in [3.05, 3.63) is 59.1 Å². The Bertz CT molecular complexity index is 814. The summed E-state index contributed by atoms with van der Waals surface area (Å²) in [5.74, 6) is 0.227. The number of nitrogens with one attached hydrogen (secondary N) is 3. The van der Waals surface area contributed by atoms with Crippen LogP contribution in [0.1, 0.15) is 31.4 Å². The van der Waals surface area contributed by atoms with Gasteiger partial charge in [0.25, 0.3) is 11.8 Å². The lowest BCUT2D eigenvalue weighted by Gasteiger charge is -2.20. The maximum atomic E-state index is 12.5. The quantitative estimate of drug-likeness (QED) is 0.555. The zero-order chi connectivity index (χ0) is 21.2. The van der Waals surface area contributed by atoms with Crippen LogP contribution in [0.2, 0.25) is 5.02 Å². The third-order valence-corrected chi connectivity index (χ3v) is 4.71. The molecule has 0 aliphatic heterocycles. The first-order chi connectivity index (χ1) is 13.9. The Hall–Kier alpha value is -2.57. The first-order valence-electron chi connectivity index (χ1n) is 9.72. The summed E-state index contributed by atoms with van der Waals surface area (Å²) in [6.45, 7) is 2.44. The minimum atomic E-state index is -0.218. The molecule has 3 N–H and O–H groups in total. The Morgan fingerprint density at radius 2 is 1.79 bits per heavy atom. The smallest absolute Gasteiger partial charge is 0.279 e. The minimum absolute atomic E-state index is 0.0222. The summed E-state index contributed by atoms with van der Waals surface area (Å²) in [5, 5.41) is 6.38. The highest BCUT2D eigenvalue weighted by molar-refractivity contribution is 6.31. The van der Waals surface area contributed by atoms with Crippen molar-refractivity contribution in [1.82, 2.24) is 5.32 Å². The van der Waals surface area contributed by atoms with Crippen LogP contribution in [0, 0.1) is 0 Å². The molecule has 2 aromatic rings. The largest absolute Gasteiger partial charge is 0.495 e. The highest BCUT2D eigenvalue weighted by Gasteiger charge is 2.19. The average molecular weight is 419 g/mol. The van der Waals surface area contributed by atoms with E-state index in [1.165, 1.54) is 7.11 Å². The van der Waals surface area contributed by atoms with Crippen LogP contribution in [0.4, 0.5) is 5.69 Å². The van der Waals surface area contributed by atoms with Crippen molar-refractivity contribution in [2.45, 2.75) is 25.8 Å². The number of amides is 2. The molecule has 0 bridgehead atoms. The molecule has 7 heteroatoms. The third-order valence-electron chi connectivity index (χ3n) is 4.47. The van der Waals surface area contributed by atoms with Crippen LogP contribution in [0.5, 0.6) is 5.75 Å². The van der Waals surface area contributed by atoms with Gasteiger partial charge in [0.2, 0.25) is 0 Å². The van der Waals surface area contributed by atoms with Crippen molar-refractivity contribution in [3.8, 4) is 5.75 Å². The molecule has 0 saturated carbocycles. The van der Waals surface area contributed by atoms with Crippen LogP contribution in [0.15, 0.2) is 48.5 Å². The number of hydrogen-bond acceptors (Lipinski definition) is 3. The van der Waals surface area contributed by atoms with Gasteiger partial charge in [-0.3, -0.25) is 9.59 Å². The van der Waals surface area contributed by atoms with Crippen LogP contribution in [-0.4, -0.2) is 39.1 Å². The molecule has 2 aromatic carbocycles. The van der Waals surface area contributed by atoms with Gasteiger partial charge in [-0.25, -0.2) is 0 Å². The molecule has 2 rings (SSSR count). The molecule has 2 atom stereocenters. The molecule has 0 fully saturated rings. The molecular weight excluding hydrogens is 390 g/mol. The average Bonchev–Trinajstić information content (AvgIpc) is 2.68. The van der Waals surface area contributed by atoms with Gasteiger partial charge < -0.3 is 20.3 Å². The Kier molecular flexibility index (Phi) is 8.96. The molecule has 0 saturated heterocycles. The fourth-order valence-corrected chi connectivity index (χ4v) is 3.30. The van der Waals surface area contributed by atoms with E-state index in [9.17, 15) is 9.59 Å². The fraction of sp³-hybridized carbons (Fsp3) is 0.364. The normalized spacial score (nSPS) is 12.7. The van der Waals surface area contributed by atoms with E-state index in [0.717, 1.165) is 23.3 Å². The Labute approximate surface area is 177 Å². The van der Waals surface area contributed by atoms with Gasteiger partial charge in [-0.2, -0.15) is 0 Å². The van der Waals surface area contributed by atoms with Crippen LogP contribution in [0.3, 0.4) is 0 Å². The fourth-order valence-electron chi connectivity index (χ4n) is 3.12. The predicted octanol–water partition coefficient (Wildman–Crippen LogP) is 2.46. The van der Waals surface area contributed by atoms with Gasteiger partial charge in [-0.1, -0.05) is 55.3 Å². The van der Waals surface area contributed by atoms with Gasteiger partial charge in [0.15, 0.2) is 13.1 Å². The number of methoxy groups -OCH3 is 1. The van der Waals surface area contributed by atoms with E-state index in [2.05, 4.69) is 17.6 Å². The zero-order valence-electron chi connectivity index (χ0n) is 17.1.